The number of hydrogen-bond donors (Lipinski definition) is 0. The molecule has 0 aromatic carbocycles. The summed E-state index contributed by atoms with van der Waals surface area (Å²) in [5.74, 6) is 0.638. The summed E-state index contributed by atoms with van der Waals surface area (Å²) in [6.07, 6.45) is 0.954. The zero-order chi connectivity index (χ0) is 8.27. The van der Waals surface area contributed by atoms with E-state index in [4.69, 9.17) is 4.74 Å². The molecule has 3 nitrogen and oxygen atoms in total. The molecule has 1 aliphatic rings. The maximum atomic E-state index is 11.1. The van der Waals surface area contributed by atoms with Crippen molar-refractivity contribution in [1.82, 2.24) is 4.90 Å². The Bertz CT molecular complexity index is 147. The lowest BCUT2D eigenvalue weighted by Gasteiger charge is -2.14. The average Bonchev–Trinajstić information content (AvgIpc) is 2.36. The van der Waals surface area contributed by atoms with Gasteiger partial charge in [0.15, 0.2) is 0 Å². The number of carbonyl (C=O) groups excluding carboxylic acids is 1. The molecule has 11 heavy (non-hydrogen) atoms. The van der Waals surface area contributed by atoms with Crippen LogP contribution in [0.15, 0.2) is 0 Å². The zero-order valence-corrected chi connectivity index (χ0v) is 7.17. The number of amides is 1. The van der Waals surface area contributed by atoms with E-state index in [1.165, 1.54) is 0 Å². The third-order valence-corrected chi connectivity index (χ3v) is 1.95. The van der Waals surface area contributed by atoms with Crippen LogP contribution in [0.1, 0.15) is 20.3 Å². The van der Waals surface area contributed by atoms with Crippen molar-refractivity contribution in [3.05, 3.63) is 0 Å². The monoisotopic (exact) mass is 157 g/mol. The molecule has 0 aromatic heterocycles. The highest BCUT2D eigenvalue weighted by atomic mass is 16.6. The maximum Gasteiger partial charge on any atom is 0.409 e. The minimum atomic E-state index is -0.156. The highest BCUT2D eigenvalue weighted by Gasteiger charge is 2.23. The molecule has 0 aliphatic carbocycles. The lowest BCUT2D eigenvalue weighted by molar-refractivity contribution is 0.114. The third kappa shape index (κ3) is 2.10. The maximum absolute atomic E-state index is 11.1. The molecule has 1 heterocycles. The van der Waals surface area contributed by atoms with E-state index in [2.05, 4.69) is 6.92 Å². The second-order valence-corrected chi connectivity index (χ2v) is 3.04. The van der Waals surface area contributed by atoms with Gasteiger partial charge in [0.05, 0.1) is 6.61 Å². The predicted molar refractivity (Wildman–Crippen MR) is 42.4 cm³/mol. The van der Waals surface area contributed by atoms with Crippen molar-refractivity contribution in [2.45, 2.75) is 20.3 Å². The molecule has 0 spiro atoms. The van der Waals surface area contributed by atoms with E-state index in [-0.39, 0.29) is 6.09 Å². The second-order valence-electron chi connectivity index (χ2n) is 3.04. The smallest absolute Gasteiger partial charge is 0.409 e. The van der Waals surface area contributed by atoms with E-state index in [0.717, 1.165) is 19.5 Å². The number of carbonyl (C=O) groups is 1. The normalized spacial score (nSPS) is 23.8. The van der Waals surface area contributed by atoms with Gasteiger partial charge < -0.3 is 9.64 Å². The molecular weight excluding hydrogens is 142 g/mol. The first-order valence-electron chi connectivity index (χ1n) is 4.15. The highest BCUT2D eigenvalue weighted by Crippen LogP contribution is 2.15. The van der Waals surface area contributed by atoms with E-state index in [0.29, 0.717) is 12.5 Å². The largest absolute Gasteiger partial charge is 0.450 e. The van der Waals surface area contributed by atoms with E-state index < -0.39 is 0 Å². The molecule has 1 aliphatic heterocycles. The molecule has 0 bridgehead atoms. The predicted octanol–water partition coefficient (Wildman–Crippen LogP) is 1.48. The van der Waals surface area contributed by atoms with E-state index in [9.17, 15) is 4.79 Å². The average molecular weight is 157 g/mol. The summed E-state index contributed by atoms with van der Waals surface area (Å²) in [6, 6.07) is 0. The Morgan fingerprint density at radius 1 is 1.73 bits per heavy atom. The van der Waals surface area contributed by atoms with Gasteiger partial charge in [0.1, 0.15) is 0 Å². The topological polar surface area (TPSA) is 29.5 Å². The zero-order valence-electron chi connectivity index (χ0n) is 7.17. The van der Waals surface area contributed by atoms with Crippen molar-refractivity contribution in [3.8, 4) is 0 Å². The quantitative estimate of drug-likeness (QED) is 0.577. The Morgan fingerprint density at radius 3 is 2.91 bits per heavy atom. The Balaban J connectivity index is 2.31. The number of ether oxygens (including phenoxy) is 1. The standard InChI is InChI=1S/C8H15NO2/c1-3-11-8(10)9-5-4-7(2)6-9/h7H,3-6H2,1-2H3. The molecule has 0 radical (unpaired) electrons. The number of hydrogen-bond acceptors (Lipinski definition) is 2. The van der Waals surface area contributed by atoms with Crippen molar-refractivity contribution >= 4 is 6.09 Å². The Hall–Kier alpha value is -0.730. The molecule has 3 heteroatoms. The minimum Gasteiger partial charge on any atom is -0.450 e. The number of likely N-dealkylation sites (tertiary alicyclic amines) is 1. The summed E-state index contributed by atoms with van der Waals surface area (Å²) in [6.45, 7) is 6.18. The number of nitrogens with zero attached hydrogens (tertiary/aromatic N) is 1. The Kier molecular flexibility index (Phi) is 2.74. The fraction of sp³-hybridized carbons (Fsp3) is 0.875. The Labute approximate surface area is 67.3 Å². The van der Waals surface area contributed by atoms with Gasteiger partial charge in [0.25, 0.3) is 0 Å². The third-order valence-electron chi connectivity index (χ3n) is 1.95. The van der Waals surface area contributed by atoms with Gasteiger partial charge in [0.2, 0.25) is 0 Å². The molecule has 1 atom stereocenters. The second kappa shape index (κ2) is 3.60. The molecule has 1 unspecified atom stereocenters. The van der Waals surface area contributed by atoms with Gasteiger partial charge in [-0.15, -0.1) is 0 Å². The lowest BCUT2D eigenvalue weighted by atomic mass is 10.2. The van der Waals surface area contributed by atoms with Gasteiger partial charge in [-0.2, -0.15) is 0 Å². The fourth-order valence-electron chi connectivity index (χ4n) is 1.32. The van der Waals surface area contributed by atoms with Crippen molar-refractivity contribution < 1.29 is 9.53 Å². The van der Waals surface area contributed by atoms with Crippen molar-refractivity contribution in [2.24, 2.45) is 5.92 Å². The summed E-state index contributed by atoms with van der Waals surface area (Å²) in [7, 11) is 0. The van der Waals surface area contributed by atoms with Crippen LogP contribution in [-0.4, -0.2) is 30.7 Å². The molecule has 1 saturated heterocycles. The van der Waals surface area contributed by atoms with Crippen LogP contribution < -0.4 is 0 Å². The van der Waals surface area contributed by atoms with Crippen molar-refractivity contribution in [1.29, 1.82) is 0 Å². The molecule has 1 rings (SSSR count). The molecule has 64 valence electrons. The van der Waals surface area contributed by atoms with Crippen LogP contribution in [0, 0.1) is 5.92 Å². The fourth-order valence-corrected chi connectivity index (χ4v) is 1.32. The molecule has 1 amide bonds. The van der Waals surface area contributed by atoms with Crippen LogP contribution >= 0.6 is 0 Å². The van der Waals surface area contributed by atoms with E-state index in [1.54, 1.807) is 4.90 Å². The summed E-state index contributed by atoms with van der Waals surface area (Å²) >= 11 is 0. The number of rotatable bonds is 1. The van der Waals surface area contributed by atoms with Gasteiger partial charge in [-0.05, 0) is 19.3 Å². The molecule has 0 saturated carbocycles. The molecular formula is C8H15NO2. The van der Waals surface area contributed by atoms with Crippen LogP contribution in [0.2, 0.25) is 0 Å². The first-order chi connectivity index (χ1) is 5.24. The van der Waals surface area contributed by atoms with Crippen LogP contribution in [0.5, 0.6) is 0 Å². The SMILES string of the molecule is CCOC(=O)N1CCC(C)C1. The summed E-state index contributed by atoms with van der Waals surface area (Å²) in [5, 5.41) is 0. The van der Waals surface area contributed by atoms with Crippen LogP contribution in [0.3, 0.4) is 0 Å². The lowest BCUT2D eigenvalue weighted by Crippen LogP contribution is -2.28. The molecule has 1 fully saturated rings. The van der Waals surface area contributed by atoms with Crippen LogP contribution in [0.25, 0.3) is 0 Å². The summed E-state index contributed by atoms with van der Waals surface area (Å²) in [5.41, 5.74) is 0. The van der Waals surface area contributed by atoms with Gasteiger partial charge in [-0.1, -0.05) is 6.92 Å². The van der Waals surface area contributed by atoms with E-state index >= 15 is 0 Å². The van der Waals surface area contributed by atoms with Gasteiger partial charge in [-0.3, -0.25) is 0 Å². The summed E-state index contributed by atoms with van der Waals surface area (Å²) < 4.78 is 4.86. The molecule has 0 N–H and O–H groups in total. The first-order valence-corrected chi connectivity index (χ1v) is 4.15. The van der Waals surface area contributed by atoms with Gasteiger partial charge in [0, 0.05) is 13.1 Å². The van der Waals surface area contributed by atoms with Crippen LogP contribution in [-0.2, 0) is 4.74 Å². The van der Waals surface area contributed by atoms with Crippen molar-refractivity contribution in [2.75, 3.05) is 19.7 Å². The first kappa shape index (κ1) is 8.37. The molecule has 0 aromatic rings. The Morgan fingerprint density at radius 2 is 2.45 bits per heavy atom. The van der Waals surface area contributed by atoms with Gasteiger partial charge >= 0.3 is 6.09 Å². The van der Waals surface area contributed by atoms with Crippen molar-refractivity contribution in [3.63, 3.8) is 0 Å². The highest BCUT2D eigenvalue weighted by molar-refractivity contribution is 5.67. The van der Waals surface area contributed by atoms with Gasteiger partial charge in [-0.25, -0.2) is 4.79 Å². The van der Waals surface area contributed by atoms with Crippen LogP contribution in [0.4, 0.5) is 4.79 Å². The summed E-state index contributed by atoms with van der Waals surface area (Å²) in [4.78, 5) is 12.9. The van der Waals surface area contributed by atoms with E-state index in [1.807, 2.05) is 6.92 Å². The minimum absolute atomic E-state index is 0.156.